The van der Waals surface area contributed by atoms with Gasteiger partial charge in [0, 0.05) is 0 Å². The maximum absolute atomic E-state index is 12.7. The van der Waals surface area contributed by atoms with Gasteiger partial charge in [0.1, 0.15) is 5.60 Å². The molecule has 9 heteroatoms. The molecule has 1 fully saturated rings. The third kappa shape index (κ3) is 3.91. The fourth-order valence-corrected chi connectivity index (χ4v) is 3.19. The number of esters is 2. The standard InChI is InChI=1S/C17H26N2O7/c1-6-23-13(20)11-10-8-9-17(12(10)26-19-11,14(21)24-7-2)18-15(22)25-16(3,4)5/h10,12H,6-9H2,1-5H3,(H,18,22)/t10-,12+,17-/m1/s1. The fraction of sp³-hybridized carbons (Fsp3) is 0.765. The second-order valence-electron chi connectivity index (χ2n) is 7.19. The number of amides is 1. The van der Waals surface area contributed by atoms with E-state index in [0.29, 0.717) is 6.42 Å². The summed E-state index contributed by atoms with van der Waals surface area (Å²) in [6.07, 6.45) is -0.969. The molecule has 0 aromatic carbocycles. The molecule has 1 N–H and O–H groups in total. The number of hydrogen-bond acceptors (Lipinski definition) is 8. The van der Waals surface area contributed by atoms with E-state index >= 15 is 0 Å². The van der Waals surface area contributed by atoms with Crippen molar-refractivity contribution in [3.05, 3.63) is 0 Å². The van der Waals surface area contributed by atoms with Crippen molar-refractivity contribution < 1.29 is 33.4 Å². The van der Waals surface area contributed by atoms with Gasteiger partial charge in [-0.25, -0.2) is 14.4 Å². The van der Waals surface area contributed by atoms with Crippen molar-refractivity contribution >= 4 is 23.7 Å². The first kappa shape index (κ1) is 20.0. The predicted molar refractivity (Wildman–Crippen MR) is 90.4 cm³/mol. The molecule has 3 atom stereocenters. The van der Waals surface area contributed by atoms with Gasteiger partial charge in [-0.1, -0.05) is 5.16 Å². The van der Waals surface area contributed by atoms with Crippen molar-refractivity contribution in [3.8, 4) is 0 Å². The Bertz CT molecular complexity index is 611. The molecule has 1 amide bonds. The molecule has 1 saturated carbocycles. The van der Waals surface area contributed by atoms with Crippen molar-refractivity contribution in [1.82, 2.24) is 5.32 Å². The highest BCUT2D eigenvalue weighted by Gasteiger charge is 2.62. The average molecular weight is 370 g/mol. The SMILES string of the molecule is CCOC(=O)C1=NO[C@H]2[C@@H]1CC[C@]2(NC(=O)OC(C)(C)C)C(=O)OCC. The Kier molecular flexibility index (Phi) is 5.77. The van der Waals surface area contributed by atoms with Crippen LogP contribution in [-0.4, -0.2) is 54.2 Å². The van der Waals surface area contributed by atoms with Crippen LogP contribution in [0.2, 0.25) is 0 Å². The number of rotatable bonds is 5. The van der Waals surface area contributed by atoms with E-state index in [2.05, 4.69) is 10.5 Å². The zero-order chi connectivity index (χ0) is 19.5. The first-order chi connectivity index (χ1) is 12.1. The van der Waals surface area contributed by atoms with E-state index in [-0.39, 0.29) is 25.3 Å². The van der Waals surface area contributed by atoms with E-state index < -0.39 is 41.2 Å². The first-order valence-electron chi connectivity index (χ1n) is 8.73. The molecule has 26 heavy (non-hydrogen) atoms. The number of carbonyl (C=O) groups is 3. The molecule has 1 aliphatic carbocycles. The summed E-state index contributed by atoms with van der Waals surface area (Å²) < 4.78 is 15.4. The summed E-state index contributed by atoms with van der Waals surface area (Å²) in [5.41, 5.74) is -2.09. The minimum atomic E-state index is -1.47. The third-order valence-electron chi connectivity index (χ3n) is 4.16. The summed E-state index contributed by atoms with van der Waals surface area (Å²) in [7, 11) is 0. The zero-order valence-corrected chi connectivity index (χ0v) is 15.8. The minimum absolute atomic E-state index is 0.119. The van der Waals surface area contributed by atoms with Crippen LogP contribution in [-0.2, 0) is 28.6 Å². The topological polar surface area (TPSA) is 113 Å². The first-order valence-corrected chi connectivity index (χ1v) is 8.73. The van der Waals surface area contributed by atoms with E-state index in [4.69, 9.17) is 19.0 Å². The van der Waals surface area contributed by atoms with Gasteiger partial charge in [-0.3, -0.25) is 0 Å². The molecule has 0 unspecified atom stereocenters. The van der Waals surface area contributed by atoms with Gasteiger partial charge in [0.2, 0.25) is 0 Å². The van der Waals surface area contributed by atoms with Crippen LogP contribution in [0.5, 0.6) is 0 Å². The normalized spacial score (nSPS) is 27.0. The van der Waals surface area contributed by atoms with E-state index in [9.17, 15) is 14.4 Å². The number of hydrogen-bond donors (Lipinski definition) is 1. The molecular weight excluding hydrogens is 344 g/mol. The summed E-state index contributed by atoms with van der Waals surface area (Å²) in [5.74, 6) is -1.69. The summed E-state index contributed by atoms with van der Waals surface area (Å²) in [5, 5.41) is 6.41. The summed E-state index contributed by atoms with van der Waals surface area (Å²) in [4.78, 5) is 42.4. The van der Waals surface area contributed by atoms with Crippen LogP contribution in [0.1, 0.15) is 47.5 Å². The van der Waals surface area contributed by atoms with Crippen molar-refractivity contribution in [1.29, 1.82) is 0 Å². The molecule has 146 valence electrons. The van der Waals surface area contributed by atoms with Gasteiger partial charge in [-0.2, -0.15) is 0 Å². The Morgan fingerprint density at radius 1 is 1.23 bits per heavy atom. The van der Waals surface area contributed by atoms with Gasteiger partial charge in [-0.15, -0.1) is 0 Å². The molecule has 9 nitrogen and oxygen atoms in total. The highest BCUT2D eigenvalue weighted by Crippen LogP contribution is 2.42. The third-order valence-corrected chi connectivity index (χ3v) is 4.16. The summed E-state index contributed by atoms with van der Waals surface area (Å²) >= 11 is 0. The Morgan fingerprint density at radius 2 is 1.88 bits per heavy atom. The van der Waals surface area contributed by atoms with Crippen molar-refractivity contribution in [2.45, 2.75) is 64.7 Å². The molecule has 0 saturated heterocycles. The number of nitrogens with zero attached hydrogens (tertiary/aromatic N) is 1. The van der Waals surface area contributed by atoms with Crippen LogP contribution in [0.25, 0.3) is 0 Å². The Morgan fingerprint density at radius 3 is 2.46 bits per heavy atom. The lowest BCUT2D eigenvalue weighted by Gasteiger charge is -2.32. The number of carbonyl (C=O) groups excluding carboxylic acids is 3. The van der Waals surface area contributed by atoms with Gasteiger partial charge in [0.05, 0.1) is 19.1 Å². The van der Waals surface area contributed by atoms with Gasteiger partial charge >= 0.3 is 18.0 Å². The van der Waals surface area contributed by atoms with Crippen molar-refractivity contribution in [2.24, 2.45) is 11.1 Å². The number of oxime groups is 1. The number of alkyl carbamates (subject to hydrolysis) is 1. The molecule has 0 aromatic rings. The molecular formula is C17H26N2O7. The van der Waals surface area contributed by atoms with E-state index in [1.54, 1.807) is 34.6 Å². The van der Waals surface area contributed by atoms with Crippen LogP contribution in [0.4, 0.5) is 4.79 Å². The van der Waals surface area contributed by atoms with Crippen LogP contribution in [0.3, 0.4) is 0 Å². The van der Waals surface area contributed by atoms with E-state index in [1.165, 1.54) is 0 Å². The molecule has 0 aromatic heterocycles. The molecule has 0 spiro atoms. The van der Waals surface area contributed by atoms with E-state index in [0.717, 1.165) is 0 Å². The van der Waals surface area contributed by atoms with Crippen LogP contribution in [0, 0.1) is 5.92 Å². The number of nitrogens with one attached hydrogen (secondary N) is 1. The largest absolute Gasteiger partial charge is 0.464 e. The maximum Gasteiger partial charge on any atom is 0.408 e. The van der Waals surface area contributed by atoms with Crippen LogP contribution < -0.4 is 5.32 Å². The van der Waals surface area contributed by atoms with Gasteiger partial charge in [0.25, 0.3) is 0 Å². The summed E-state index contributed by atoms with van der Waals surface area (Å²) in [6.45, 7) is 8.85. The molecule has 0 radical (unpaired) electrons. The zero-order valence-electron chi connectivity index (χ0n) is 15.8. The quantitative estimate of drug-likeness (QED) is 0.577. The molecule has 2 aliphatic rings. The molecule has 2 rings (SSSR count). The number of fused-ring (bicyclic) bond motifs is 1. The van der Waals surface area contributed by atoms with E-state index in [1.807, 2.05) is 0 Å². The van der Waals surface area contributed by atoms with Gasteiger partial charge in [-0.05, 0) is 47.5 Å². The Hall–Kier alpha value is -2.32. The lowest BCUT2D eigenvalue weighted by Crippen LogP contribution is -2.61. The smallest absolute Gasteiger partial charge is 0.408 e. The van der Waals surface area contributed by atoms with Crippen molar-refractivity contribution in [2.75, 3.05) is 13.2 Å². The second-order valence-corrected chi connectivity index (χ2v) is 7.19. The minimum Gasteiger partial charge on any atom is -0.464 e. The van der Waals surface area contributed by atoms with Crippen molar-refractivity contribution in [3.63, 3.8) is 0 Å². The average Bonchev–Trinajstić information content (AvgIpc) is 3.07. The fourth-order valence-electron chi connectivity index (χ4n) is 3.19. The molecule has 1 heterocycles. The lowest BCUT2D eigenvalue weighted by molar-refractivity contribution is -0.157. The Labute approximate surface area is 152 Å². The monoisotopic (exact) mass is 370 g/mol. The Balaban J connectivity index is 2.24. The highest BCUT2D eigenvalue weighted by atomic mass is 16.7. The van der Waals surface area contributed by atoms with Gasteiger partial charge < -0.3 is 24.4 Å². The van der Waals surface area contributed by atoms with Gasteiger partial charge in [0.15, 0.2) is 17.4 Å². The lowest BCUT2D eigenvalue weighted by atomic mass is 9.91. The maximum atomic E-state index is 12.7. The van der Waals surface area contributed by atoms with Crippen LogP contribution in [0.15, 0.2) is 5.16 Å². The number of ether oxygens (including phenoxy) is 3. The molecule has 1 aliphatic heterocycles. The second kappa shape index (κ2) is 7.51. The highest BCUT2D eigenvalue weighted by molar-refractivity contribution is 6.37. The molecule has 0 bridgehead atoms. The summed E-state index contributed by atoms with van der Waals surface area (Å²) in [6, 6.07) is 0. The predicted octanol–water partition coefficient (Wildman–Crippen LogP) is 1.54. The van der Waals surface area contributed by atoms with Crippen LogP contribution >= 0.6 is 0 Å².